The molecule has 1 heterocycles. The molecule has 0 bridgehead atoms. The van der Waals surface area contributed by atoms with E-state index >= 15 is 0 Å². The van der Waals surface area contributed by atoms with E-state index in [9.17, 15) is 4.39 Å². The SMILES string of the molecule is C=C(c1cccc(F)c1)N1CCCC1. The molecule has 0 aliphatic carbocycles. The first-order valence-corrected chi connectivity index (χ1v) is 4.97. The maximum Gasteiger partial charge on any atom is 0.123 e. The molecule has 0 amide bonds. The number of nitrogens with zero attached hydrogens (tertiary/aromatic N) is 1. The van der Waals surface area contributed by atoms with E-state index in [-0.39, 0.29) is 5.82 Å². The Labute approximate surface area is 83.9 Å². The highest BCUT2D eigenvalue weighted by atomic mass is 19.1. The lowest BCUT2D eigenvalue weighted by molar-refractivity contribution is 0.493. The molecule has 74 valence electrons. The smallest absolute Gasteiger partial charge is 0.123 e. The number of halogens is 1. The minimum absolute atomic E-state index is 0.192. The van der Waals surface area contributed by atoms with Crippen LogP contribution < -0.4 is 0 Å². The van der Waals surface area contributed by atoms with Gasteiger partial charge in [0.25, 0.3) is 0 Å². The van der Waals surface area contributed by atoms with Crippen LogP contribution in [0.5, 0.6) is 0 Å². The molecule has 2 rings (SSSR count). The molecule has 1 aromatic rings. The summed E-state index contributed by atoms with van der Waals surface area (Å²) in [5.74, 6) is -0.192. The lowest BCUT2D eigenvalue weighted by Crippen LogP contribution is -2.16. The van der Waals surface area contributed by atoms with Crippen molar-refractivity contribution in [3.63, 3.8) is 0 Å². The Hall–Kier alpha value is -1.31. The van der Waals surface area contributed by atoms with Crippen molar-refractivity contribution in [2.45, 2.75) is 12.8 Å². The predicted octanol–water partition coefficient (Wildman–Crippen LogP) is 2.89. The molecular formula is C12H14FN. The quantitative estimate of drug-likeness (QED) is 0.694. The van der Waals surface area contributed by atoms with E-state index in [0.29, 0.717) is 0 Å². The summed E-state index contributed by atoms with van der Waals surface area (Å²) in [5, 5.41) is 0. The van der Waals surface area contributed by atoms with Crippen LogP contribution in [0, 0.1) is 5.82 Å². The van der Waals surface area contributed by atoms with Crippen molar-refractivity contribution >= 4 is 5.70 Å². The molecule has 1 nitrogen and oxygen atoms in total. The summed E-state index contributed by atoms with van der Waals surface area (Å²) < 4.78 is 13.0. The molecule has 0 radical (unpaired) electrons. The van der Waals surface area contributed by atoms with E-state index in [1.807, 2.05) is 6.07 Å². The Morgan fingerprint density at radius 3 is 2.64 bits per heavy atom. The lowest BCUT2D eigenvalue weighted by Gasteiger charge is -2.20. The van der Waals surface area contributed by atoms with Crippen LogP contribution in [0.4, 0.5) is 4.39 Å². The maximum atomic E-state index is 13.0. The number of hydrogen-bond donors (Lipinski definition) is 0. The highest BCUT2D eigenvalue weighted by molar-refractivity contribution is 5.61. The van der Waals surface area contributed by atoms with Crippen LogP contribution in [-0.4, -0.2) is 18.0 Å². The molecule has 1 aliphatic heterocycles. The first kappa shape index (κ1) is 9.25. The zero-order valence-corrected chi connectivity index (χ0v) is 8.17. The third-order valence-corrected chi connectivity index (χ3v) is 2.65. The molecule has 0 saturated carbocycles. The molecule has 0 atom stereocenters. The normalized spacial score (nSPS) is 15.9. The van der Waals surface area contributed by atoms with Crippen molar-refractivity contribution in [2.24, 2.45) is 0 Å². The van der Waals surface area contributed by atoms with Crippen molar-refractivity contribution in [3.8, 4) is 0 Å². The van der Waals surface area contributed by atoms with Crippen molar-refractivity contribution < 1.29 is 4.39 Å². The van der Waals surface area contributed by atoms with Gasteiger partial charge in [-0.2, -0.15) is 0 Å². The highest BCUT2D eigenvalue weighted by Gasteiger charge is 2.14. The second-order valence-electron chi connectivity index (χ2n) is 3.65. The van der Waals surface area contributed by atoms with E-state index in [1.165, 1.54) is 18.9 Å². The molecule has 0 spiro atoms. The monoisotopic (exact) mass is 191 g/mol. The molecule has 0 N–H and O–H groups in total. The van der Waals surface area contributed by atoms with Gasteiger partial charge in [-0.25, -0.2) is 4.39 Å². The maximum absolute atomic E-state index is 13.0. The molecule has 1 saturated heterocycles. The van der Waals surface area contributed by atoms with Gasteiger partial charge in [0.05, 0.1) is 0 Å². The second-order valence-corrected chi connectivity index (χ2v) is 3.65. The van der Waals surface area contributed by atoms with Gasteiger partial charge in [0.15, 0.2) is 0 Å². The third kappa shape index (κ3) is 1.79. The van der Waals surface area contributed by atoms with Gasteiger partial charge >= 0.3 is 0 Å². The van der Waals surface area contributed by atoms with Crippen molar-refractivity contribution in [3.05, 3.63) is 42.2 Å². The molecule has 1 aliphatic rings. The van der Waals surface area contributed by atoms with Crippen molar-refractivity contribution in [1.29, 1.82) is 0 Å². The van der Waals surface area contributed by atoms with Crippen LogP contribution in [0.2, 0.25) is 0 Å². The third-order valence-electron chi connectivity index (χ3n) is 2.65. The Bertz CT molecular complexity index is 340. The average Bonchev–Trinajstić information content (AvgIpc) is 2.69. The van der Waals surface area contributed by atoms with Gasteiger partial charge in [-0.1, -0.05) is 18.7 Å². The van der Waals surface area contributed by atoms with E-state index in [0.717, 1.165) is 24.4 Å². The van der Waals surface area contributed by atoms with E-state index in [1.54, 1.807) is 12.1 Å². The standard InChI is InChI=1S/C12H14FN/c1-10(14-7-2-3-8-14)11-5-4-6-12(13)9-11/h4-6,9H,1-3,7-8H2. The molecule has 0 unspecified atom stereocenters. The van der Waals surface area contributed by atoms with Gasteiger partial charge in [0.1, 0.15) is 5.82 Å². The largest absolute Gasteiger partial charge is 0.372 e. The van der Waals surface area contributed by atoms with E-state index in [4.69, 9.17) is 0 Å². The Balaban J connectivity index is 2.17. The zero-order valence-electron chi connectivity index (χ0n) is 8.17. The Morgan fingerprint density at radius 1 is 1.29 bits per heavy atom. The summed E-state index contributed by atoms with van der Waals surface area (Å²) >= 11 is 0. The predicted molar refractivity (Wildman–Crippen MR) is 56.2 cm³/mol. The first-order chi connectivity index (χ1) is 6.77. The molecule has 2 heteroatoms. The molecule has 1 fully saturated rings. The van der Waals surface area contributed by atoms with Gasteiger partial charge in [0, 0.05) is 24.4 Å². The van der Waals surface area contributed by atoms with Gasteiger partial charge in [-0.05, 0) is 25.0 Å². The fraction of sp³-hybridized carbons (Fsp3) is 0.333. The summed E-state index contributed by atoms with van der Waals surface area (Å²) in [6.45, 7) is 6.11. The topological polar surface area (TPSA) is 3.24 Å². The number of likely N-dealkylation sites (tertiary alicyclic amines) is 1. The van der Waals surface area contributed by atoms with Crippen LogP contribution in [0.15, 0.2) is 30.8 Å². The molecule has 1 aromatic carbocycles. The van der Waals surface area contributed by atoms with Gasteiger partial charge in [0.2, 0.25) is 0 Å². The van der Waals surface area contributed by atoms with Gasteiger partial charge in [-0.15, -0.1) is 0 Å². The van der Waals surface area contributed by atoms with Crippen LogP contribution in [-0.2, 0) is 0 Å². The minimum Gasteiger partial charge on any atom is -0.372 e. The van der Waals surface area contributed by atoms with Crippen LogP contribution >= 0.6 is 0 Å². The lowest BCUT2D eigenvalue weighted by atomic mass is 10.1. The van der Waals surface area contributed by atoms with Crippen molar-refractivity contribution in [1.82, 2.24) is 4.90 Å². The minimum atomic E-state index is -0.192. The van der Waals surface area contributed by atoms with Crippen LogP contribution in [0.3, 0.4) is 0 Å². The van der Waals surface area contributed by atoms with Crippen molar-refractivity contribution in [2.75, 3.05) is 13.1 Å². The number of rotatable bonds is 2. The fourth-order valence-electron chi connectivity index (χ4n) is 1.84. The first-order valence-electron chi connectivity index (χ1n) is 4.97. The average molecular weight is 191 g/mol. The zero-order chi connectivity index (χ0) is 9.97. The fourth-order valence-corrected chi connectivity index (χ4v) is 1.84. The Kier molecular flexibility index (Phi) is 2.53. The summed E-state index contributed by atoms with van der Waals surface area (Å²) in [6, 6.07) is 6.64. The van der Waals surface area contributed by atoms with E-state index < -0.39 is 0 Å². The van der Waals surface area contributed by atoms with Crippen LogP contribution in [0.1, 0.15) is 18.4 Å². The molecule has 14 heavy (non-hydrogen) atoms. The summed E-state index contributed by atoms with van der Waals surface area (Å²) in [7, 11) is 0. The number of benzene rings is 1. The second kappa shape index (κ2) is 3.82. The molecular weight excluding hydrogens is 177 g/mol. The number of hydrogen-bond acceptors (Lipinski definition) is 1. The highest BCUT2D eigenvalue weighted by Crippen LogP contribution is 2.22. The Morgan fingerprint density at radius 2 is 2.00 bits per heavy atom. The summed E-state index contributed by atoms with van der Waals surface area (Å²) in [5.41, 5.74) is 1.84. The summed E-state index contributed by atoms with van der Waals surface area (Å²) in [6.07, 6.45) is 2.43. The van der Waals surface area contributed by atoms with Crippen LogP contribution in [0.25, 0.3) is 5.70 Å². The molecule has 0 aromatic heterocycles. The van der Waals surface area contributed by atoms with E-state index in [2.05, 4.69) is 11.5 Å². The van der Waals surface area contributed by atoms with Gasteiger partial charge < -0.3 is 4.90 Å². The summed E-state index contributed by atoms with van der Waals surface area (Å²) in [4.78, 5) is 2.22. The van der Waals surface area contributed by atoms with Gasteiger partial charge in [-0.3, -0.25) is 0 Å².